The summed E-state index contributed by atoms with van der Waals surface area (Å²) in [6.45, 7) is 2.31. The lowest BCUT2D eigenvalue weighted by molar-refractivity contribution is -0.143. The number of nitrogens with zero attached hydrogens (tertiary/aromatic N) is 1. The number of carbonyl (C=O) groups excluding carboxylic acids is 2. The van der Waals surface area contributed by atoms with E-state index in [1.807, 2.05) is 37.3 Å². The molecule has 1 aromatic carbocycles. The van der Waals surface area contributed by atoms with Crippen molar-refractivity contribution in [3.05, 3.63) is 35.9 Å². The highest BCUT2D eigenvalue weighted by Crippen LogP contribution is 2.59. The lowest BCUT2D eigenvalue weighted by Gasteiger charge is -2.17. The van der Waals surface area contributed by atoms with Gasteiger partial charge in [0.25, 0.3) is 0 Å². The van der Waals surface area contributed by atoms with Gasteiger partial charge in [-0.05, 0) is 18.9 Å². The van der Waals surface area contributed by atoms with Crippen LogP contribution in [0.25, 0.3) is 0 Å². The fraction of sp³-hybridized carbons (Fsp3) is 0.385. The predicted molar refractivity (Wildman–Crippen MR) is 58.2 cm³/mol. The normalized spacial score (nSPS) is 31.8. The zero-order chi connectivity index (χ0) is 11.3. The number of amides is 2. The van der Waals surface area contributed by atoms with Crippen LogP contribution in [0.3, 0.4) is 0 Å². The van der Waals surface area contributed by atoms with Crippen molar-refractivity contribution < 1.29 is 9.59 Å². The van der Waals surface area contributed by atoms with E-state index in [0.29, 0.717) is 6.54 Å². The summed E-state index contributed by atoms with van der Waals surface area (Å²) in [6, 6.07) is 9.64. The maximum atomic E-state index is 12.0. The molecule has 16 heavy (non-hydrogen) atoms. The number of likely N-dealkylation sites (tertiary alicyclic amines) is 1. The molecule has 1 aliphatic heterocycles. The largest absolute Gasteiger partial charge is 0.277 e. The van der Waals surface area contributed by atoms with Gasteiger partial charge in [0.15, 0.2) is 0 Å². The number of benzene rings is 1. The van der Waals surface area contributed by atoms with Gasteiger partial charge in [-0.25, -0.2) is 0 Å². The Bertz CT molecular complexity index is 468. The highest BCUT2D eigenvalue weighted by molar-refractivity contribution is 6.11. The van der Waals surface area contributed by atoms with Crippen molar-refractivity contribution in [1.82, 2.24) is 4.90 Å². The summed E-state index contributed by atoms with van der Waals surface area (Å²) in [6.07, 6.45) is 0.746. The zero-order valence-corrected chi connectivity index (χ0v) is 9.14. The lowest BCUT2D eigenvalue weighted by atomic mass is 10.1. The van der Waals surface area contributed by atoms with Crippen molar-refractivity contribution in [2.75, 3.05) is 0 Å². The van der Waals surface area contributed by atoms with Crippen LogP contribution in [-0.2, 0) is 16.1 Å². The summed E-state index contributed by atoms with van der Waals surface area (Å²) in [5.74, 6) is -0.0218. The first kappa shape index (κ1) is 9.58. The van der Waals surface area contributed by atoms with Crippen molar-refractivity contribution in [2.24, 2.45) is 11.3 Å². The van der Waals surface area contributed by atoms with E-state index in [2.05, 4.69) is 0 Å². The van der Waals surface area contributed by atoms with Crippen LogP contribution in [0.15, 0.2) is 30.3 Å². The summed E-state index contributed by atoms with van der Waals surface area (Å²) in [7, 11) is 0. The highest BCUT2D eigenvalue weighted by atomic mass is 16.2. The first-order chi connectivity index (χ1) is 7.63. The van der Waals surface area contributed by atoms with Crippen molar-refractivity contribution >= 4 is 11.8 Å². The van der Waals surface area contributed by atoms with Crippen LogP contribution in [0.2, 0.25) is 0 Å². The van der Waals surface area contributed by atoms with E-state index in [9.17, 15) is 9.59 Å². The summed E-state index contributed by atoms with van der Waals surface area (Å²) in [4.78, 5) is 25.3. The summed E-state index contributed by atoms with van der Waals surface area (Å²) < 4.78 is 0. The average molecular weight is 215 g/mol. The Morgan fingerprint density at radius 3 is 2.56 bits per heavy atom. The number of carbonyl (C=O) groups is 2. The van der Waals surface area contributed by atoms with E-state index in [-0.39, 0.29) is 23.1 Å². The van der Waals surface area contributed by atoms with Gasteiger partial charge >= 0.3 is 0 Å². The fourth-order valence-corrected chi connectivity index (χ4v) is 2.47. The van der Waals surface area contributed by atoms with Crippen LogP contribution in [0.1, 0.15) is 18.9 Å². The third-order valence-corrected chi connectivity index (χ3v) is 3.72. The molecule has 2 aliphatic rings. The molecule has 82 valence electrons. The molecule has 0 N–H and O–H groups in total. The van der Waals surface area contributed by atoms with Gasteiger partial charge in [-0.3, -0.25) is 14.5 Å². The van der Waals surface area contributed by atoms with Crippen LogP contribution in [0.4, 0.5) is 0 Å². The molecular weight excluding hydrogens is 202 g/mol. The fourth-order valence-electron chi connectivity index (χ4n) is 2.47. The first-order valence-corrected chi connectivity index (χ1v) is 5.53. The van der Waals surface area contributed by atoms with Crippen molar-refractivity contribution in [2.45, 2.75) is 19.9 Å². The number of imide groups is 1. The van der Waals surface area contributed by atoms with E-state index in [1.165, 1.54) is 4.90 Å². The second kappa shape index (κ2) is 2.94. The molecule has 3 heteroatoms. The third-order valence-electron chi connectivity index (χ3n) is 3.72. The van der Waals surface area contributed by atoms with Gasteiger partial charge in [0.05, 0.1) is 17.9 Å². The molecular formula is C13H13NO2. The Morgan fingerprint density at radius 1 is 1.31 bits per heavy atom. The predicted octanol–water partition coefficient (Wildman–Crippen LogP) is 1.58. The molecule has 2 fully saturated rings. The number of piperidine rings is 1. The number of hydrogen-bond acceptors (Lipinski definition) is 2. The molecule has 0 radical (unpaired) electrons. The topological polar surface area (TPSA) is 37.4 Å². The summed E-state index contributed by atoms with van der Waals surface area (Å²) >= 11 is 0. The Labute approximate surface area is 94.1 Å². The molecule has 2 amide bonds. The highest BCUT2D eigenvalue weighted by Gasteiger charge is 2.68. The summed E-state index contributed by atoms with van der Waals surface area (Å²) in [5.41, 5.74) is 0.639. The van der Waals surface area contributed by atoms with Crippen LogP contribution < -0.4 is 0 Å². The molecule has 1 aliphatic carbocycles. The molecule has 3 rings (SSSR count). The number of hydrogen-bond donors (Lipinski definition) is 0. The molecule has 2 unspecified atom stereocenters. The molecule has 2 atom stereocenters. The molecule has 1 saturated heterocycles. The van der Waals surface area contributed by atoms with Crippen LogP contribution in [0.5, 0.6) is 0 Å². The second-order valence-electron chi connectivity index (χ2n) is 4.89. The monoisotopic (exact) mass is 215 g/mol. The lowest BCUT2D eigenvalue weighted by Crippen LogP contribution is -2.33. The zero-order valence-electron chi connectivity index (χ0n) is 9.14. The van der Waals surface area contributed by atoms with Crippen molar-refractivity contribution in [3.63, 3.8) is 0 Å². The average Bonchev–Trinajstić information content (AvgIpc) is 2.95. The molecule has 1 aromatic rings. The van der Waals surface area contributed by atoms with Gasteiger partial charge in [-0.15, -0.1) is 0 Å². The Morgan fingerprint density at radius 2 is 2.00 bits per heavy atom. The minimum atomic E-state index is -0.369. The van der Waals surface area contributed by atoms with Crippen molar-refractivity contribution in [3.8, 4) is 0 Å². The van der Waals surface area contributed by atoms with Gasteiger partial charge in [0.1, 0.15) is 0 Å². The Kier molecular flexibility index (Phi) is 1.76. The molecule has 1 saturated carbocycles. The number of fused-ring (bicyclic) bond motifs is 1. The molecule has 0 bridgehead atoms. The Balaban J connectivity index is 1.83. The van der Waals surface area contributed by atoms with E-state index in [1.54, 1.807) is 0 Å². The quantitative estimate of drug-likeness (QED) is 0.702. The van der Waals surface area contributed by atoms with Crippen LogP contribution in [-0.4, -0.2) is 16.7 Å². The maximum absolute atomic E-state index is 12.0. The van der Waals surface area contributed by atoms with Crippen LogP contribution >= 0.6 is 0 Å². The van der Waals surface area contributed by atoms with Crippen molar-refractivity contribution in [1.29, 1.82) is 0 Å². The molecule has 0 aromatic heterocycles. The SMILES string of the molecule is CC12CC1C(=O)N(Cc1ccccc1)C2=O. The van der Waals surface area contributed by atoms with Crippen LogP contribution in [0, 0.1) is 11.3 Å². The minimum Gasteiger partial charge on any atom is -0.277 e. The van der Waals surface area contributed by atoms with E-state index in [4.69, 9.17) is 0 Å². The molecule has 3 nitrogen and oxygen atoms in total. The Hall–Kier alpha value is -1.64. The second-order valence-corrected chi connectivity index (χ2v) is 4.89. The minimum absolute atomic E-state index is 0.00588. The summed E-state index contributed by atoms with van der Waals surface area (Å²) in [5, 5.41) is 0. The standard InChI is InChI=1S/C13H13NO2/c1-13-7-10(13)11(15)14(12(13)16)8-9-5-3-2-4-6-9/h2-6,10H,7-8H2,1H3. The van der Waals surface area contributed by atoms with Gasteiger partial charge in [0, 0.05) is 0 Å². The molecule has 0 spiro atoms. The van der Waals surface area contributed by atoms with E-state index in [0.717, 1.165) is 12.0 Å². The first-order valence-electron chi connectivity index (χ1n) is 5.53. The number of rotatable bonds is 2. The van der Waals surface area contributed by atoms with Gasteiger partial charge in [-0.1, -0.05) is 30.3 Å². The maximum Gasteiger partial charge on any atom is 0.236 e. The van der Waals surface area contributed by atoms with E-state index >= 15 is 0 Å². The third kappa shape index (κ3) is 1.14. The smallest absolute Gasteiger partial charge is 0.236 e. The van der Waals surface area contributed by atoms with Gasteiger partial charge in [0.2, 0.25) is 11.8 Å². The molecule has 1 heterocycles. The van der Waals surface area contributed by atoms with Gasteiger partial charge < -0.3 is 0 Å². The van der Waals surface area contributed by atoms with Gasteiger partial charge in [-0.2, -0.15) is 0 Å². The van der Waals surface area contributed by atoms with E-state index < -0.39 is 0 Å².